The molecule has 0 aliphatic carbocycles. The van der Waals surface area contributed by atoms with Gasteiger partial charge in [-0.15, -0.1) is 0 Å². The van der Waals surface area contributed by atoms with Crippen molar-refractivity contribution in [1.82, 2.24) is 5.32 Å². The summed E-state index contributed by atoms with van der Waals surface area (Å²) in [7, 11) is 3.90. The average Bonchev–Trinajstić information content (AvgIpc) is 3.32. The van der Waals surface area contributed by atoms with Crippen LogP contribution in [0.4, 0.5) is 11.4 Å². The summed E-state index contributed by atoms with van der Waals surface area (Å²) in [6.45, 7) is -0.116. The quantitative estimate of drug-likeness (QED) is 0.542. The molecule has 0 atom stereocenters. The molecule has 0 saturated heterocycles. The molecule has 1 aromatic heterocycles. The molecule has 0 fully saturated rings. The van der Waals surface area contributed by atoms with Crippen LogP contribution in [0.3, 0.4) is 0 Å². The maximum absolute atomic E-state index is 12.4. The highest BCUT2D eigenvalue weighted by atomic mass is 16.5. The second-order valence-electron chi connectivity index (χ2n) is 6.89. The Morgan fingerprint density at radius 1 is 0.968 bits per heavy atom. The summed E-state index contributed by atoms with van der Waals surface area (Å²) in [5, 5.41) is 5.31. The lowest BCUT2D eigenvalue weighted by Crippen LogP contribution is -2.28. The Hall–Kier alpha value is -4.07. The first-order chi connectivity index (χ1) is 14.9. The summed E-state index contributed by atoms with van der Waals surface area (Å²) >= 11 is 0. The van der Waals surface area contributed by atoms with E-state index in [-0.39, 0.29) is 17.0 Å². The minimum absolute atomic E-state index is 0.112. The lowest BCUT2D eigenvalue weighted by Gasteiger charge is -2.13. The van der Waals surface area contributed by atoms with E-state index in [4.69, 9.17) is 9.15 Å². The van der Waals surface area contributed by atoms with Gasteiger partial charge in [0.25, 0.3) is 11.8 Å². The molecule has 31 heavy (non-hydrogen) atoms. The first-order valence-electron chi connectivity index (χ1n) is 9.58. The molecule has 0 aliphatic heterocycles. The van der Waals surface area contributed by atoms with Crippen molar-refractivity contribution in [2.75, 3.05) is 30.9 Å². The van der Waals surface area contributed by atoms with Gasteiger partial charge in [0, 0.05) is 26.3 Å². The van der Waals surface area contributed by atoms with Gasteiger partial charge < -0.3 is 24.7 Å². The minimum Gasteiger partial charge on any atom is -0.459 e. The first kappa shape index (κ1) is 21.6. The Kier molecular flexibility index (Phi) is 7.05. The highest BCUT2D eigenvalue weighted by molar-refractivity contribution is 6.06. The molecule has 0 saturated carbocycles. The van der Waals surface area contributed by atoms with Gasteiger partial charge in [0.1, 0.15) is 0 Å². The zero-order chi connectivity index (χ0) is 22.2. The highest BCUT2D eigenvalue weighted by Crippen LogP contribution is 2.18. The fourth-order valence-electron chi connectivity index (χ4n) is 2.73. The van der Waals surface area contributed by atoms with Crippen LogP contribution in [0.15, 0.2) is 71.3 Å². The fraction of sp³-hybridized carbons (Fsp3) is 0.174. The number of amides is 2. The van der Waals surface area contributed by atoms with Gasteiger partial charge in [0.15, 0.2) is 12.4 Å². The lowest BCUT2D eigenvalue weighted by molar-refractivity contribution is -0.124. The Bertz CT molecular complexity index is 1040. The van der Waals surface area contributed by atoms with E-state index in [1.165, 1.54) is 18.4 Å². The van der Waals surface area contributed by atoms with E-state index in [9.17, 15) is 14.4 Å². The van der Waals surface area contributed by atoms with Crippen LogP contribution in [0.5, 0.6) is 0 Å². The predicted octanol–water partition coefficient (Wildman–Crippen LogP) is 3.07. The maximum Gasteiger partial charge on any atom is 0.340 e. The molecule has 8 heteroatoms. The van der Waals surface area contributed by atoms with Crippen LogP contribution in [0, 0.1) is 0 Å². The molecule has 0 spiro atoms. The molecule has 0 aliphatic rings. The molecule has 160 valence electrons. The number of ether oxygens (including phenoxy) is 1. The number of nitrogens with one attached hydrogen (secondary N) is 2. The van der Waals surface area contributed by atoms with Gasteiger partial charge in [-0.25, -0.2) is 4.79 Å². The number of carbonyl (C=O) groups is 3. The monoisotopic (exact) mass is 421 g/mol. The molecule has 3 aromatic rings. The first-order valence-corrected chi connectivity index (χ1v) is 9.58. The number of benzene rings is 2. The SMILES string of the molecule is CN(C)c1ccc(CNC(=O)COC(=O)c2ccccc2NC(=O)c2ccco2)cc1. The Balaban J connectivity index is 1.52. The normalized spacial score (nSPS) is 10.3. The number of hydrogen-bond acceptors (Lipinski definition) is 6. The van der Waals surface area contributed by atoms with Crippen LogP contribution in [-0.4, -0.2) is 38.5 Å². The Morgan fingerprint density at radius 2 is 1.71 bits per heavy atom. The fourth-order valence-corrected chi connectivity index (χ4v) is 2.73. The van der Waals surface area contributed by atoms with Crippen molar-refractivity contribution < 1.29 is 23.5 Å². The number of rotatable bonds is 8. The Labute approximate surface area is 179 Å². The predicted molar refractivity (Wildman–Crippen MR) is 116 cm³/mol. The number of nitrogens with zero attached hydrogens (tertiary/aromatic N) is 1. The van der Waals surface area contributed by atoms with Crippen molar-refractivity contribution >= 4 is 29.2 Å². The standard InChI is InChI=1S/C23H23N3O5/c1-26(2)17-11-9-16(10-12-17)14-24-21(27)15-31-23(29)18-6-3-4-7-19(18)25-22(28)20-8-5-13-30-20/h3-13H,14-15H2,1-2H3,(H,24,27)(H,25,28). The van der Waals surface area contributed by atoms with E-state index in [1.54, 1.807) is 24.3 Å². The third-order valence-electron chi connectivity index (χ3n) is 4.42. The number of esters is 1. The van der Waals surface area contributed by atoms with Crippen molar-refractivity contribution in [1.29, 1.82) is 0 Å². The van der Waals surface area contributed by atoms with E-state index in [1.807, 2.05) is 43.3 Å². The molecule has 1 heterocycles. The summed E-state index contributed by atoms with van der Waals surface area (Å²) in [6, 6.07) is 17.2. The second kappa shape index (κ2) is 10.1. The van der Waals surface area contributed by atoms with Crippen LogP contribution >= 0.6 is 0 Å². The molecule has 2 aromatic carbocycles. The molecule has 2 N–H and O–H groups in total. The highest BCUT2D eigenvalue weighted by Gasteiger charge is 2.17. The third-order valence-corrected chi connectivity index (χ3v) is 4.42. The number of anilines is 2. The van der Waals surface area contributed by atoms with Gasteiger partial charge >= 0.3 is 5.97 Å². The van der Waals surface area contributed by atoms with Crippen molar-refractivity contribution in [3.05, 3.63) is 83.8 Å². The number of carbonyl (C=O) groups excluding carboxylic acids is 3. The molecule has 8 nitrogen and oxygen atoms in total. The van der Waals surface area contributed by atoms with E-state index >= 15 is 0 Å². The summed E-state index contributed by atoms with van der Waals surface area (Å²) in [5.74, 6) is -1.53. The largest absolute Gasteiger partial charge is 0.459 e. The lowest BCUT2D eigenvalue weighted by atomic mass is 10.1. The van der Waals surface area contributed by atoms with Gasteiger partial charge in [-0.3, -0.25) is 9.59 Å². The zero-order valence-electron chi connectivity index (χ0n) is 17.3. The van der Waals surface area contributed by atoms with E-state index in [0.29, 0.717) is 6.54 Å². The van der Waals surface area contributed by atoms with Crippen LogP contribution in [0.1, 0.15) is 26.5 Å². The van der Waals surface area contributed by atoms with Crippen LogP contribution < -0.4 is 15.5 Å². The summed E-state index contributed by atoms with van der Waals surface area (Å²) in [6.07, 6.45) is 1.38. The Morgan fingerprint density at radius 3 is 2.39 bits per heavy atom. The van der Waals surface area contributed by atoms with Crippen LogP contribution in [0.25, 0.3) is 0 Å². The van der Waals surface area contributed by atoms with Gasteiger partial charge in [-0.1, -0.05) is 24.3 Å². The molecular weight excluding hydrogens is 398 g/mol. The van der Waals surface area contributed by atoms with Crippen molar-refractivity contribution in [2.45, 2.75) is 6.54 Å². The zero-order valence-corrected chi connectivity index (χ0v) is 17.3. The topological polar surface area (TPSA) is 101 Å². The van der Waals surface area contributed by atoms with Crippen LogP contribution in [0.2, 0.25) is 0 Å². The summed E-state index contributed by atoms with van der Waals surface area (Å²) in [4.78, 5) is 38.7. The minimum atomic E-state index is -0.721. The van der Waals surface area contributed by atoms with Crippen molar-refractivity contribution in [2.24, 2.45) is 0 Å². The summed E-state index contributed by atoms with van der Waals surface area (Å²) in [5.41, 5.74) is 2.38. The number of para-hydroxylation sites is 1. The second-order valence-corrected chi connectivity index (χ2v) is 6.89. The molecular formula is C23H23N3O5. The molecule has 3 rings (SSSR count). The van der Waals surface area contributed by atoms with Gasteiger partial charge in [-0.2, -0.15) is 0 Å². The van der Waals surface area contributed by atoms with E-state index in [2.05, 4.69) is 10.6 Å². The summed E-state index contributed by atoms with van der Waals surface area (Å²) < 4.78 is 10.2. The number of furan rings is 1. The number of hydrogen-bond donors (Lipinski definition) is 2. The molecule has 0 unspecified atom stereocenters. The molecule has 0 bridgehead atoms. The smallest absolute Gasteiger partial charge is 0.340 e. The van der Waals surface area contributed by atoms with Crippen molar-refractivity contribution in [3.63, 3.8) is 0 Å². The van der Waals surface area contributed by atoms with E-state index in [0.717, 1.165) is 11.3 Å². The van der Waals surface area contributed by atoms with Crippen molar-refractivity contribution in [3.8, 4) is 0 Å². The molecule has 2 amide bonds. The van der Waals surface area contributed by atoms with Gasteiger partial charge in [0.05, 0.1) is 17.5 Å². The van der Waals surface area contributed by atoms with Gasteiger partial charge in [0.2, 0.25) is 0 Å². The average molecular weight is 421 g/mol. The van der Waals surface area contributed by atoms with Crippen LogP contribution in [-0.2, 0) is 16.1 Å². The third kappa shape index (κ3) is 5.96. The van der Waals surface area contributed by atoms with Gasteiger partial charge in [-0.05, 0) is 42.0 Å². The maximum atomic E-state index is 12.4. The molecule has 0 radical (unpaired) electrons. The van der Waals surface area contributed by atoms with E-state index < -0.39 is 24.4 Å².